The van der Waals surface area contributed by atoms with Gasteiger partial charge in [0.25, 0.3) is 0 Å². The van der Waals surface area contributed by atoms with Gasteiger partial charge in [0, 0.05) is 18.6 Å². The highest BCUT2D eigenvalue weighted by Gasteiger charge is 2.14. The molecule has 2 aromatic heterocycles. The van der Waals surface area contributed by atoms with Gasteiger partial charge in [0.15, 0.2) is 0 Å². The molecule has 2 heterocycles. The minimum Gasteiger partial charge on any atom is -0.383 e. The molecule has 0 radical (unpaired) electrons. The Morgan fingerprint density at radius 1 is 1.12 bits per heavy atom. The van der Waals surface area contributed by atoms with Crippen molar-refractivity contribution in [2.24, 2.45) is 5.84 Å². The molecule has 17 heavy (non-hydrogen) atoms. The highest BCUT2D eigenvalue weighted by Crippen LogP contribution is 2.16. The number of hydrogen-bond donors (Lipinski definition) is 3. The van der Waals surface area contributed by atoms with E-state index in [0.717, 1.165) is 5.56 Å². The number of pyridine rings is 1. The van der Waals surface area contributed by atoms with Crippen LogP contribution in [0.15, 0.2) is 36.8 Å². The van der Waals surface area contributed by atoms with Gasteiger partial charge in [-0.1, -0.05) is 6.07 Å². The van der Waals surface area contributed by atoms with E-state index >= 15 is 0 Å². The van der Waals surface area contributed by atoms with Gasteiger partial charge in [-0.05, 0) is 24.1 Å². The molecule has 0 spiro atoms. The molecule has 0 aliphatic rings. The lowest BCUT2D eigenvalue weighted by Gasteiger charge is -2.14. The summed E-state index contributed by atoms with van der Waals surface area (Å²) in [5, 5.41) is 0. The van der Waals surface area contributed by atoms with E-state index in [2.05, 4.69) is 20.4 Å². The summed E-state index contributed by atoms with van der Waals surface area (Å²) in [6.07, 6.45) is 5.61. The second kappa shape index (κ2) is 5.33. The average molecular weight is 230 g/mol. The summed E-state index contributed by atoms with van der Waals surface area (Å²) in [6, 6.07) is 5.33. The number of nitrogen functional groups attached to an aromatic ring is 1. The molecular formula is C11H14N6. The lowest BCUT2D eigenvalue weighted by Crippen LogP contribution is -2.31. The van der Waals surface area contributed by atoms with E-state index in [0.29, 0.717) is 18.1 Å². The predicted octanol–water partition coefficient (Wildman–Crippen LogP) is 0.201. The van der Waals surface area contributed by atoms with Gasteiger partial charge < -0.3 is 5.73 Å². The standard InChI is InChI=1S/C11H14N6/c12-10-8(3-1-4-14-10)7-9(17-13)11-15-5-2-6-16-11/h1-6,9,17H,7,13H2,(H2,12,14). The number of nitrogens with two attached hydrogens (primary N) is 2. The summed E-state index contributed by atoms with van der Waals surface area (Å²) in [7, 11) is 0. The Bertz CT molecular complexity index is 472. The molecule has 0 saturated heterocycles. The Morgan fingerprint density at radius 3 is 2.47 bits per heavy atom. The van der Waals surface area contributed by atoms with Crippen LogP contribution in [0, 0.1) is 0 Å². The molecule has 88 valence electrons. The topological polar surface area (TPSA) is 103 Å². The number of hydrazine groups is 1. The van der Waals surface area contributed by atoms with Gasteiger partial charge >= 0.3 is 0 Å². The largest absolute Gasteiger partial charge is 0.383 e. The van der Waals surface area contributed by atoms with Crippen LogP contribution in [0.2, 0.25) is 0 Å². The molecule has 0 aliphatic heterocycles. The fourth-order valence-corrected chi connectivity index (χ4v) is 1.56. The van der Waals surface area contributed by atoms with E-state index in [9.17, 15) is 0 Å². The van der Waals surface area contributed by atoms with Crippen LogP contribution in [0.5, 0.6) is 0 Å². The van der Waals surface area contributed by atoms with Crippen molar-refractivity contribution in [2.75, 3.05) is 5.73 Å². The fraction of sp³-hybridized carbons (Fsp3) is 0.182. The number of rotatable bonds is 4. The Balaban J connectivity index is 2.19. The lowest BCUT2D eigenvalue weighted by atomic mass is 10.1. The third-order valence-electron chi connectivity index (χ3n) is 2.45. The van der Waals surface area contributed by atoms with Gasteiger partial charge in [0.2, 0.25) is 0 Å². The summed E-state index contributed by atoms with van der Waals surface area (Å²) < 4.78 is 0. The smallest absolute Gasteiger partial charge is 0.146 e. The molecule has 5 N–H and O–H groups in total. The maximum absolute atomic E-state index is 5.78. The highest BCUT2D eigenvalue weighted by molar-refractivity contribution is 5.39. The monoisotopic (exact) mass is 230 g/mol. The van der Waals surface area contributed by atoms with Crippen molar-refractivity contribution >= 4 is 5.82 Å². The van der Waals surface area contributed by atoms with E-state index in [1.807, 2.05) is 12.1 Å². The van der Waals surface area contributed by atoms with Gasteiger partial charge in [-0.25, -0.2) is 20.4 Å². The Labute approximate surface area is 99.1 Å². The van der Waals surface area contributed by atoms with Crippen LogP contribution in [0.25, 0.3) is 0 Å². The Hall–Kier alpha value is -2.05. The summed E-state index contributed by atoms with van der Waals surface area (Å²) in [5.74, 6) is 6.65. The molecule has 1 atom stereocenters. The molecule has 6 heteroatoms. The van der Waals surface area contributed by atoms with Crippen LogP contribution in [-0.2, 0) is 6.42 Å². The molecule has 0 bridgehead atoms. The van der Waals surface area contributed by atoms with Crippen molar-refractivity contribution in [3.05, 3.63) is 48.2 Å². The maximum atomic E-state index is 5.78. The van der Waals surface area contributed by atoms with Gasteiger partial charge in [-0.3, -0.25) is 5.84 Å². The number of nitrogens with one attached hydrogen (secondary N) is 1. The summed E-state index contributed by atoms with van der Waals surface area (Å²) in [4.78, 5) is 12.4. The molecule has 0 aromatic carbocycles. The Kier molecular flexibility index (Phi) is 3.59. The first-order valence-corrected chi connectivity index (χ1v) is 5.23. The van der Waals surface area contributed by atoms with Crippen molar-refractivity contribution in [1.82, 2.24) is 20.4 Å². The number of nitrogens with zero attached hydrogens (tertiary/aromatic N) is 3. The summed E-state index contributed by atoms with van der Waals surface area (Å²) in [6.45, 7) is 0. The van der Waals surface area contributed by atoms with Crippen molar-refractivity contribution < 1.29 is 0 Å². The molecule has 0 saturated carbocycles. The lowest BCUT2D eigenvalue weighted by molar-refractivity contribution is 0.522. The molecular weight excluding hydrogens is 216 g/mol. The van der Waals surface area contributed by atoms with Crippen LogP contribution < -0.4 is 17.0 Å². The average Bonchev–Trinajstić information content (AvgIpc) is 2.39. The third-order valence-corrected chi connectivity index (χ3v) is 2.45. The van der Waals surface area contributed by atoms with Gasteiger partial charge in [0.05, 0.1) is 6.04 Å². The van der Waals surface area contributed by atoms with Crippen molar-refractivity contribution in [2.45, 2.75) is 12.5 Å². The first kappa shape index (κ1) is 11.4. The summed E-state index contributed by atoms with van der Waals surface area (Å²) >= 11 is 0. The van der Waals surface area contributed by atoms with Crippen LogP contribution >= 0.6 is 0 Å². The molecule has 2 rings (SSSR count). The SMILES string of the molecule is NNC(Cc1cccnc1N)c1ncccn1. The van der Waals surface area contributed by atoms with E-state index in [-0.39, 0.29) is 6.04 Å². The van der Waals surface area contributed by atoms with Crippen LogP contribution in [0.3, 0.4) is 0 Å². The van der Waals surface area contributed by atoms with Crippen molar-refractivity contribution in [3.8, 4) is 0 Å². The highest BCUT2D eigenvalue weighted by atomic mass is 15.2. The predicted molar refractivity (Wildman–Crippen MR) is 64.4 cm³/mol. The minimum atomic E-state index is -0.178. The number of hydrogen-bond acceptors (Lipinski definition) is 6. The van der Waals surface area contributed by atoms with Crippen LogP contribution in [0.4, 0.5) is 5.82 Å². The Morgan fingerprint density at radius 2 is 1.82 bits per heavy atom. The molecule has 0 aliphatic carbocycles. The number of anilines is 1. The number of aromatic nitrogens is 3. The van der Waals surface area contributed by atoms with Crippen molar-refractivity contribution in [1.29, 1.82) is 0 Å². The molecule has 1 unspecified atom stereocenters. The first-order chi connectivity index (χ1) is 8.31. The minimum absolute atomic E-state index is 0.178. The second-order valence-electron chi connectivity index (χ2n) is 3.58. The van der Waals surface area contributed by atoms with Crippen LogP contribution in [-0.4, -0.2) is 15.0 Å². The quantitative estimate of drug-likeness (QED) is 0.512. The van der Waals surface area contributed by atoms with E-state index in [1.165, 1.54) is 0 Å². The van der Waals surface area contributed by atoms with E-state index in [4.69, 9.17) is 11.6 Å². The zero-order chi connectivity index (χ0) is 12.1. The van der Waals surface area contributed by atoms with Gasteiger partial charge in [0.1, 0.15) is 11.6 Å². The van der Waals surface area contributed by atoms with Gasteiger partial charge in [-0.15, -0.1) is 0 Å². The second-order valence-corrected chi connectivity index (χ2v) is 3.58. The molecule has 0 amide bonds. The maximum Gasteiger partial charge on any atom is 0.146 e. The molecule has 0 fully saturated rings. The van der Waals surface area contributed by atoms with Crippen LogP contribution in [0.1, 0.15) is 17.4 Å². The zero-order valence-electron chi connectivity index (χ0n) is 9.24. The summed E-state index contributed by atoms with van der Waals surface area (Å²) in [5.41, 5.74) is 9.39. The molecule has 2 aromatic rings. The van der Waals surface area contributed by atoms with E-state index < -0.39 is 0 Å². The normalized spacial score (nSPS) is 12.3. The fourth-order valence-electron chi connectivity index (χ4n) is 1.56. The van der Waals surface area contributed by atoms with Gasteiger partial charge in [-0.2, -0.15) is 0 Å². The molecule has 6 nitrogen and oxygen atoms in total. The third kappa shape index (κ3) is 2.74. The van der Waals surface area contributed by atoms with E-state index in [1.54, 1.807) is 24.7 Å². The first-order valence-electron chi connectivity index (χ1n) is 5.23. The van der Waals surface area contributed by atoms with Crippen molar-refractivity contribution in [3.63, 3.8) is 0 Å². The zero-order valence-corrected chi connectivity index (χ0v) is 9.24.